The first-order valence-electron chi connectivity index (χ1n) is 10.6. The number of methoxy groups -OCH3 is 2. The number of benzene rings is 2. The summed E-state index contributed by atoms with van der Waals surface area (Å²) in [6.45, 7) is 0.241. The highest BCUT2D eigenvalue weighted by molar-refractivity contribution is 5.99. The summed E-state index contributed by atoms with van der Waals surface area (Å²) in [4.78, 5) is 20.1. The lowest BCUT2D eigenvalue weighted by Crippen LogP contribution is -2.41. The molecule has 7 heteroatoms. The summed E-state index contributed by atoms with van der Waals surface area (Å²) in [5, 5.41) is 4.11. The lowest BCUT2D eigenvalue weighted by molar-refractivity contribution is 0.0579. The van der Waals surface area contributed by atoms with Crippen LogP contribution in [0.5, 0.6) is 11.5 Å². The van der Waals surface area contributed by atoms with Crippen LogP contribution in [-0.4, -0.2) is 41.2 Å². The molecule has 7 nitrogen and oxygen atoms in total. The third kappa shape index (κ3) is 4.55. The lowest BCUT2D eigenvalue weighted by atomic mass is 9.93. The molecule has 0 bridgehead atoms. The molecule has 1 aliphatic rings. The molecule has 3 aromatic rings. The molecular weight excluding hydrogens is 394 g/mol. The summed E-state index contributed by atoms with van der Waals surface area (Å²) in [6.07, 6.45) is 5.27. The Morgan fingerprint density at radius 1 is 1.00 bits per heavy atom. The van der Waals surface area contributed by atoms with E-state index in [0.29, 0.717) is 28.8 Å². The number of carbonyl (C=O) groups is 1. The Balaban J connectivity index is 1.66. The number of aromatic nitrogens is 2. The Labute approximate surface area is 182 Å². The SMILES string of the molecule is COc1cccc(OC)c1C(=O)N(Cc1nc(-c2ccccc2)no1)C1CCCCC1. The van der Waals surface area contributed by atoms with E-state index in [1.807, 2.05) is 41.3 Å². The number of nitrogens with zero attached hydrogens (tertiary/aromatic N) is 3. The van der Waals surface area contributed by atoms with E-state index < -0.39 is 0 Å². The number of hydrogen-bond donors (Lipinski definition) is 0. The van der Waals surface area contributed by atoms with Crippen molar-refractivity contribution in [1.29, 1.82) is 0 Å². The highest BCUT2D eigenvalue weighted by Gasteiger charge is 2.31. The van der Waals surface area contributed by atoms with E-state index in [1.54, 1.807) is 26.4 Å². The van der Waals surface area contributed by atoms with Gasteiger partial charge in [-0.3, -0.25) is 4.79 Å². The molecule has 1 amide bonds. The fourth-order valence-corrected chi connectivity index (χ4v) is 4.13. The molecule has 1 aromatic heterocycles. The molecule has 0 N–H and O–H groups in total. The van der Waals surface area contributed by atoms with Crippen LogP contribution in [0.4, 0.5) is 0 Å². The Morgan fingerprint density at radius 3 is 2.32 bits per heavy atom. The largest absolute Gasteiger partial charge is 0.496 e. The summed E-state index contributed by atoms with van der Waals surface area (Å²) < 4.78 is 16.5. The topological polar surface area (TPSA) is 77.7 Å². The van der Waals surface area contributed by atoms with Gasteiger partial charge < -0.3 is 18.9 Å². The predicted molar refractivity (Wildman–Crippen MR) is 116 cm³/mol. The number of hydrogen-bond acceptors (Lipinski definition) is 6. The normalized spacial score (nSPS) is 14.3. The zero-order valence-electron chi connectivity index (χ0n) is 17.9. The Morgan fingerprint density at radius 2 is 1.68 bits per heavy atom. The fourth-order valence-electron chi connectivity index (χ4n) is 4.13. The van der Waals surface area contributed by atoms with Crippen LogP contribution in [0.25, 0.3) is 11.4 Å². The zero-order valence-corrected chi connectivity index (χ0v) is 17.9. The third-order valence-electron chi connectivity index (χ3n) is 5.72. The van der Waals surface area contributed by atoms with Gasteiger partial charge in [0.15, 0.2) is 0 Å². The maximum Gasteiger partial charge on any atom is 0.262 e. The second kappa shape index (κ2) is 9.64. The molecule has 0 spiro atoms. The van der Waals surface area contributed by atoms with Gasteiger partial charge in [-0.25, -0.2) is 0 Å². The molecular formula is C24H27N3O4. The lowest BCUT2D eigenvalue weighted by Gasteiger charge is -2.34. The standard InChI is InChI=1S/C24H27N3O4/c1-29-19-14-9-15-20(30-2)22(19)24(28)27(18-12-7-4-8-13-18)16-21-25-23(26-31-21)17-10-5-3-6-11-17/h3,5-6,9-11,14-15,18H,4,7-8,12-13,16H2,1-2H3. The molecule has 1 fully saturated rings. The second-order valence-electron chi connectivity index (χ2n) is 7.64. The Hall–Kier alpha value is -3.35. The highest BCUT2D eigenvalue weighted by atomic mass is 16.5. The van der Waals surface area contributed by atoms with Gasteiger partial charge in [-0.05, 0) is 25.0 Å². The zero-order chi connectivity index (χ0) is 21.6. The van der Waals surface area contributed by atoms with Crippen LogP contribution in [0.2, 0.25) is 0 Å². The van der Waals surface area contributed by atoms with E-state index in [4.69, 9.17) is 14.0 Å². The van der Waals surface area contributed by atoms with Gasteiger partial charge in [-0.1, -0.05) is 60.8 Å². The van der Waals surface area contributed by atoms with Gasteiger partial charge in [0, 0.05) is 11.6 Å². The maximum absolute atomic E-state index is 13.8. The quantitative estimate of drug-likeness (QED) is 0.549. The van der Waals surface area contributed by atoms with E-state index in [0.717, 1.165) is 31.2 Å². The van der Waals surface area contributed by atoms with Crippen LogP contribution in [0.15, 0.2) is 53.1 Å². The molecule has 31 heavy (non-hydrogen) atoms. The van der Waals surface area contributed by atoms with Crippen molar-refractivity contribution in [2.45, 2.75) is 44.7 Å². The highest BCUT2D eigenvalue weighted by Crippen LogP contribution is 2.33. The van der Waals surface area contributed by atoms with E-state index in [9.17, 15) is 4.79 Å². The van der Waals surface area contributed by atoms with Crippen LogP contribution in [0.3, 0.4) is 0 Å². The van der Waals surface area contributed by atoms with Crippen molar-refractivity contribution in [3.63, 3.8) is 0 Å². The van der Waals surface area contributed by atoms with Crippen molar-refractivity contribution in [2.75, 3.05) is 14.2 Å². The molecule has 1 aliphatic carbocycles. The van der Waals surface area contributed by atoms with Crippen molar-refractivity contribution in [3.8, 4) is 22.9 Å². The number of rotatable bonds is 7. The van der Waals surface area contributed by atoms with E-state index in [1.165, 1.54) is 6.42 Å². The smallest absolute Gasteiger partial charge is 0.262 e. The van der Waals surface area contributed by atoms with Crippen LogP contribution >= 0.6 is 0 Å². The minimum Gasteiger partial charge on any atom is -0.496 e. The summed E-state index contributed by atoms with van der Waals surface area (Å²) in [6, 6.07) is 15.1. The van der Waals surface area contributed by atoms with Crippen molar-refractivity contribution in [1.82, 2.24) is 15.0 Å². The van der Waals surface area contributed by atoms with Crippen LogP contribution in [0, 0.1) is 0 Å². The molecule has 1 heterocycles. The van der Waals surface area contributed by atoms with Gasteiger partial charge in [0.1, 0.15) is 23.6 Å². The molecule has 0 aliphatic heterocycles. The summed E-state index contributed by atoms with van der Waals surface area (Å²) in [7, 11) is 3.11. The first-order chi connectivity index (χ1) is 15.2. The molecule has 0 atom stereocenters. The minimum absolute atomic E-state index is 0.0999. The van der Waals surface area contributed by atoms with Crippen molar-refractivity contribution in [3.05, 3.63) is 60.0 Å². The molecule has 4 rings (SSSR count). The summed E-state index contributed by atoms with van der Waals surface area (Å²) in [5.74, 6) is 1.75. The van der Waals surface area contributed by atoms with Crippen LogP contribution in [0.1, 0.15) is 48.4 Å². The predicted octanol–water partition coefficient (Wildman–Crippen LogP) is 4.73. The van der Waals surface area contributed by atoms with Gasteiger partial charge in [0.05, 0.1) is 14.2 Å². The van der Waals surface area contributed by atoms with Crippen molar-refractivity contribution >= 4 is 5.91 Å². The van der Waals surface area contributed by atoms with E-state index >= 15 is 0 Å². The first kappa shape index (κ1) is 20.9. The van der Waals surface area contributed by atoms with Crippen molar-refractivity contribution in [2.24, 2.45) is 0 Å². The molecule has 2 aromatic carbocycles. The molecule has 162 valence electrons. The van der Waals surface area contributed by atoms with Gasteiger partial charge in [0.25, 0.3) is 5.91 Å². The van der Waals surface area contributed by atoms with Crippen LogP contribution < -0.4 is 9.47 Å². The molecule has 0 radical (unpaired) electrons. The number of carbonyl (C=O) groups excluding carboxylic acids is 1. The van der Waals surface area contributed by atoms with E-state index in [2.05, 4.69) is 10.1 Å². The molecule has 1 saturated carbocycles. The number of amides is 1. The van der Waals surface area contributed by atoms with Crippen LogP contribution in [-0.2, 0) is 6.54 Å². The second-order valence-corrected chi connectivity index (χ2v) is 7.64. The fraction of sp³-hybridized carbons (Fsp3) is 0.375. The molecule has 0 unspecified atom stereocenters. The van der Waals surface area contributed by atoms with Gasteiger partial charge in [-0.2, -0.15) is 4.98 Å². The van der Waals surface area contributed by atoms with E-state index in [-0.39, 0.29) is 18.5 Å². The first-order valence-corrected chi connectivity index (χ1v) is 10.6. The molecule has 0 saturated heterocycles. The monoisotopic (exact) mass is 421 g/mol. The third-order valence-corrected chi connectivity index (χ3v) is 5.72. The van der Waals surface area contributed by atoms with Gasteiger partial charge in [0.2, 0.25) is 11.7 Å². The minimum atomic E-state index is -0.152. The van der Waals surface area contributed by atoms with Gasteiger partial charge in [-0.15, -0.1) is 0 Å². The number of ether oxygens (including phenoxy) is 2. The Kier molecular flexibility index (Phi) is 6.50. The van der Waals surface area contributed by atoms with Crippen molar-refractivity contribution < 1.29 is 18.8 Å². The average Bonchev–Trinajstić information content (AvgIpc) is 3.31. The summed E-state index contributed by atoms with van der Waals surface area (Å²) in [5.41, 5.74) is 1.29. The maximum atomic E-state index is 13.8. The summed E-state index contributed by atoms with van der Waals surface area (Å²) >= 11 is 0. The average molecular weight is 421 g/mol. The Bertz CT molecular complexity index is 990. The van der Waals surface area contributed by atoms with Gasteiger partial charge >= 0.3 is 0 Å².